The van der Waals surface area contributed by atoms with Crippen molar-refractivity contribution in [2.75, 3.05) is 12.4 Å². The molecule has 0 saturated heterocycles. The van der Waals surface area contributed by atoms with Crippen LogP contribution in [0.2, 0.25) is 0 Å². The van der Waals surface area contributed by atoms with Gasteiger partial charge in [0.2, 0.25) is 0 Å². The number of aliphatic carboxylic acids is 1. The number of nitrogens with one attached hydrogen (secondary N) is 1. The van der Waals surface area contributed by atoms with Gasteiger partial charge in [-0.1, -0.05) is 0 Å². The topological polar surface area (TPSA) is 58.6 Å². The second kappa shape index (κ2) is 4.68. The molecule has 4 nitrogen and oxygen atoms in total. The van der Waals surface area contributed by atoms with Gasteiger partial charge in [0, 0.05) is 5.69 Å². The second-order valence-electron chi connectivity index (χ2n) is 3.39. The van der Waals surface area contributed by atoms with Crippen molar-refractivity contribution < 1.29 is 14.6 Å². The van der Waals surface area contributed by atoms with E-state index in [-0.39, 0.29) is 0 Å². The first kappa shape index (κ1) is 11.4. The first-order valence-electron chi connectivity index (χ1n) is 4.68. The largest absolute Gasteiger partial charge is 0.497 e. The summed E-state index contributed by atoms with van der Waals surface area (Å²) < 4.78 is 5.06. The molecule has 0 aliphatic heterocycles. The van der Waals surface area contributed by atoms with Crippen LogP contribution in [0.15, 0.2) is 18.2 Å². The van der Waals surface area contributed by atoms with Crippen molar-refractivity contribution in [1.29, 1.82) is 0 Å². The van der Waals surface area contributed by atoms with Gasteiger partial charge in [-0.15, -0.1) is 0 Å². The van der Waals surface area contributed by atoms with Gasteiger partial charge in [-0.3, -0.25) is 4.79 Å². The van der Waals surface area contributed by atoms with Gasteiger partial charge in [-0.2, -0.15) is 0 Å². The van der Waals surface area contributed by atoms with Crippen molar-refractivity contribution in [1.82, 2.24) is 0 Å². The highest BCUT2D eigenvalue weighted by molar-refractivity contribution is 5.77. The lowest BCUT2D eigenvalue weighted by molar-refractivity contribution is -0.137. The van der Waals surface area contributed by atoms with Crippen molar-refractivity contribution in [3.8, 4) is 5.75 Å². The van der Waals surface area contributed by atoms with Gasteiger partial charge in [0.05, 0.1) is 7.11 Å². The van der Waals surface area contributed by atoms with Gasteiger partial charge in [0.25, 0.3) is 0 Å². The lowest BCUT2D eigenvalue weighted by Crippen LogP contribution is -2.25. The van der Waals surface area contributed by atoms with Crippen LogP contribution in [-0.4, -0.2) is 24.2 Å². The molecule has 0 bridgehead atoms. The quantitative estimate of drug-likeness (QED) is 0.795. The van der Waals surface area contributed by atoms with Gasteiger partial charge in [-0.25, -0.2) is 0 Å². The van der Waals surface area contributed by atoms with Gasteiger partial charge < -0.3 is 15.2 Å². The number of hydrogen-bond acceptors (Lipinski definition) is 3. The van der Waals surface area contributed by atoms with E-state index in [0.717, 1.165) is 17.0 Å². The van der Waals surface area contributed by atoms with Crippen molar-refractivity contribution in [2.24, 2.45) is 0 Å². The van der Waals surface area contributed by atoms with E-state index in [1.54, 1.807) is 20.1 Å². The summed E-state index contributed by atoms with van der Waals surface area (Å²) in [7, 11) is 1.60. The van der Waals surface area contributed by atoms with Crippen LogP contribution < -0.4 is 10.1 Å². The summed E-state index contributed by atoms with van der Waals surface area (Å²) in [5, 5.41) is 11.7. The zero-order valence-electron chi connectivity index (χ0n) is 9.07. The van der Waals surface area contributed by atoms with Crippen LogP contribution >= 0.6 is 0 Å². The van der Waals surface area contributed by atoms with E-state index in [4.69, 9.17) is 9.84 Å². The minimum absolute atomic E-state index is 0.600. The van der Waals surface area contributed by atoms with E-state index >= 15 is 0 Å². The highest BCUT2D eigenvalue weighted by atomic mass is 16.5. The molecule has 1 rings (SSSR count). The molecule has 0 fully saturated rings. The molecule has 1 atom stereocenters. The Bertz CT molecular complexity index is 363. The predicted molar refractivity (Wildman–Crippen MR) is 58.5 cm³/mol. The van der Waals surface area contributed by atoms with Crippen LogP contribution in [0.25, 0.3) is 0 Å². The average Bonchev–Trinajstić information content (AvgIpc) is 2.20. The summed E-state index contributed by atoms with van der Waals surface area (Å²) in [6.07, 6.45) is 0. The minimum atomic E-state index is -0.870. The highest BCUT2D eigenvalue weighted by Crippen LogP contribution is 2.21. The third-order valence-corrected chi connectivity index (χ3v) is 2.18. The number of rotatable bonds is 4. The van der Waals surface area contributed by atoms with Gasteiger partial charge >= 0.3 is 5.97 Å². The van der Waals surface area contributed by atoms with E-state index in [1.165, 1.54) is 0 Å². The molecular formula is C11H15NO3. The van der Waals surface area contributed by atoms with Crippen molar-refractivity contribution >= 4 is 11.7 Å². The Morgan fingerprint density at radius 3 is 2.67 bits per heavy atom. The predicted octanol–water partition coefficient (Wildman–Crippen LogP) is 1.89. The summed E-state index contributed by atoms with van der Waals surface area (Å²) in [6.45, 7) is 3.51. The fourth-order valence-corrected chi connectivity index (χ4v) is 1.22. The van der Waals surface area contributed by atoms with Crippen molar-refractivity contribution in [3.63, 3.8) is 0 Å². The number of methoxy groups -OCH3 is 1. The number of benzene rings is 1. The van der Waals surface area contributed by atoms with Gasteiger partial charge in [0.1, 0.15) is 11.8 Å². The molecule has 1 aromatic rings. The van der Waals surface area contributed by atoms with Gasteiger partial charge in [0.15, 0.2) is 0 Å². The maximum atomic E-state index is 10.7. The summed E-state index contributed by atoms with van der Waals surface area (Å²) in [5.41, 5.74) is 1.77. The molecule has 0 amide bonds. The average molecular weight is 209 g/mol. The third kappa shape index (κ3) is 2.87. The standard InChI is InChI=1S/C11H15NO3/c1-7-6-9(15-3)4-5-10(7)12-8(2)11(13)14/h4-6,8,12H,1-3H3,(H,13,14). The van der Waals surface area contributed by atoms with Crippen LogP contribution in [0.4, 0.5) is 5.69 Å². The smallest absolute Gasteiger partial charge is 0.325 e. The molecule has 1 unspecified atom stereocenters. The van der Waals surface area contributed by atoms with E-state index in [1.807, 2.05) is 19.1 Å². The molecular weight excluding hydrogens is 194 g/mol. The van der Waals surface area contributed by atoms with Crippen molar-refractivity contribution in [2.45, 2.75) is 19.9 Å². The van der Waals surface area contributed by atoms with E-state index in [2.05, 4.69) is 5.32 Å². The molecule has 0 aliphatic carbocycles. The highest BCUT2D eigenvalue weighted by Gasteiger charge is 2.11. The number of carboxylic acids is 1. The van der Waals surface area contributed by atoms with E-state index < -0.39 is 12.0 Å². The molecule has 15 heavy (non-hydrogen) atoms. The Morgan fingerprint density at radius 2 is 2.20 bits per heavy atom. The number of ether oxygens (including phenoxy) is 1. The first-order valence-corrected chi connectivity index (χ1v) is 4.68. The molecule has 2 N–H and O–H groups in total. The maximum Gasteiger partial charge on any atom is 0.325 e. The Labute approximate surface area is 88.9 Å². The number of carbonyl (C=O) groups is 1. The number of hydrogen-bond donors (Lipinski definition) is 2. The zero-order valence-corrected chi connectivity index (χ0v) is 9.07. The summed E-state index contributed by atoms with van der Waals surface area (Å²) in [6, 6.07) is 4.87. The van der Waals surface area contributed by atoms with Crippen LogP contribution in [0.3, 0.4) is 0 Å². The summed E-state index contributed by atoms with van der Waals surface area (Å²) in [4.78, 5) is 10.7. The maximum absolute atomic E-state index is 10.7. The van der Waals surface area contributed by atoms with E-state index in [9.17, 15) is 4.79 Å². The lowest BCUT2D eigenvalue weighted by Gasteiger charge is -2.13. The molecule has 0 saturated carbocycles. The van der Waals surface area contributed by atoms with Crippen LogP contribution in [0.1, 0.15) is 12.5 Å². The minimum Gasteiger partial charge on any atom is -0.497 e. The first-order chi connectivity index (χ1) is 7.04. The number of anilines is 1. The SMILES string of the molecule is COc1ccc(NC(C)C(=O)O)c(C)c1. The molecule has 4 heteroatoms. The second-order valence-corrected chi connectivity index (χ2v) is 3.39. The normalized spacial score (nSPS) is 11.9. The molecule has 0 spiro atoms. The molecule has 82 valence electrons. The number of carboxylic acid groups (broad SMARTS) is 1. The Balaban J connectivity index is 2.82. The van der Waals surface area contributed by atoms with Crippen molar-refractivity contribution in [3.05, 3.63) is 23.8 Å². The third-order valence-electron chi connectivity index (χ3n) is 2.18. The monoisotopic (exact) mass is 209 g/mol. The Hall–Kier alpha value is -1.71. The Kier molecular flexibility index (Phi) is 3.55. The fraction of sp³-hybridized carbons (Fsp3) is 0.364. The Morgan fingerprint density at radius 1 is 1.53 bits per heavy atom. The molecule has 0 radical (unpaired) electrons. The lowest BCUT2D eigenvalue weighted by atomic mass is 10.1. The fourth-order valence-electron chi connectivity index (χ4n) is 1.22. The molecule has 1 aromatic carbocycles. The van der Waals surface area contributed by atoms with Crippen LogP contribution in [0.5, 0.6) is 5.75 Å². The van der Waals surface area contributed by atoms with Crippen LogP contribution in [0, 0.1) is 6.92 Å². The van der Waals surface area contributed by atoms with E-state index in [0.29, 0.717) is 0 Å². The van der Waals surface area contributed by atoms with Crippen LogP contribution in [-0.2, 0) is 4.79 Å². The summed E-state index contributed by atoms with van der Waals surface area (Å²) in [5.74, 6) is -0.105. The zero-order chi connectivity index (χ0) is 11.4. The number of aryl methyl sites for hydroxylation is 1. The molecule has 0 aromatic heterocycles. The molecule has 0 heterocycles. The summed E-state index contributed by atoms with van der Waals surface area (Å²) >= 11 is 0. The molecule has 0 aliphatic rings. The van der Waals surface area contributed by atoms with Gasteiger partial charge in [-0.05, 0) is 37.6 Å².